The van der Waals surface area contributed by atoms with E-state index in [4.69, 9.17) is 0 Å². The van der Waals surface area contributed by atoms with Crippen LogP contribution in [0.25, 0.3) is 10.4 Å². The van der Waals surface area contributed by atoms with Crippen LogP contribution in [0.3, 0.4) is 0 Å². The van der Waals surface area contributed by atoms with E-state index in [1.165, 1.54) is 12.0 Å². The quantitative estimate of drug-likeness (QED) is 0.929. The summed E-state index contributed by atoms with van der Waals surface area (Å²) in [5, 5.41) is 4.84. The van der Waals surface area contributed by atoms with Gasteiger partial charge < -0.3 is 15.0 Å². The van der Waals surface area contributed by atoms with Gasteiger partial charge in [-0.2, -0.15) is 0 Å². The first-order valence-corrected chi connectivity index (χ1v) is 8.83. The molecule has 1 aromatic carbocycles. The van der Waals surface area contributed by atoms with E-state index >= 15 is 0 Å². The summed E-state index contributed by atoms with van der Waals surface area (Å²) < 4.78 is 4.61. The van der Waals surface area contributed by atoms with Crippen molar-refractivity contribution in [2.45, 2.75) is 18.9 Å². The molecule has 3 rings (SSSR count). The Labute approximate surface area is 145 Å². The Kier molecular flexibility index (Phi) is 5.15. The molecule has 2 heterocycles. The molecular formula is C18H20N2O3S. The number of hydrogen-bond acceptors (Lipinski definition) is 4. The van der Waals surface area contributed by atoms with Gasteiger partial charge in [0.1, 0.15) is 0 Å². The molecule has 126 valence electrons. The average Bonchev–Trinajstić information content (AvgIpc) is 3.16. The van der Waals surface area contributed by atoms with E-state index in [1.54, 1.807) is 11.3 Å². The molecule has 0 spiro atoms. The van der Waals surface area contributed by atoms with Gasteiger partial charge in [0.15, 0.2) is 0 Å². The van der Waals surface area contributed by atoms with Crippen molar-refractivity contribution in [2.75, 3.05) is 20.2 Å². The predicted octanol–water partition coefficient (Wildman–Crippen LogP) is 3.38. The van der Waals surface area contributed by atoms with Crippen molar-refractivity contribution < 1.29 is 14.3 Å². The first kappa shape index (κ1) is 16.5. The first-order chi connectivity index (χ1) is 11.7. The van der Waals surface area contributed by atoms with Crippen molar-refractivity contribution in [2.24, 2.45) is 0 Å². The van der Waals surface area contributed by atoms with Crippen LogP contribution in [-0.4, -0.2) is 43.1 Å². The van der Waals surface area contributed by atoms with Crippen LogP contribution in [0.15, 0.2) is 41.8 Å². The second-order valence-electron chi connectivity index (χ2n) is 5.76. The summed E-state index contributed by atoms with van der Waals surface area (Å²) in [6, 6.07) is 11.9. The molecule has 0 radical (unpaired) electrons. The van der Waals surface area contributed by atoms with Crippen molar-refractivity contribution >= 4 is 23.3 Å². The Bertz CT molecular complexity index is 690. The maximum absolute atomic E-state index is 12.6. The normalized spacial score (nSPS) is 15.1. The van der Waals surface area contributed by atoms with Crippen LogP contribution >= 0.6 is 11.3 Å². The van der Waals surface area contributed by atoms with Crippen LogP contribution in [0.5, 0.6) is 0 Å². The number of rotatable bonds is 3. The van der Waals surface area contributed by atoms with Crippen molar-refractivity contribution in [3.05, 3.63) is 47.3 Å². The molecule has 1 aromatic heterocycles. The number of likely N-dealkylation sites (tertiary alicyclic amines) is 1. The summed E-state index contributed by atoms with van der Waals surface area (Å²) in [4.78, 5) is 26.9. The minimum Gasteiger partial charge on any atom is -0.453 e. The third kappa shape index (κ3) is 3.76. The minimum absolute atomic E-state index is 0.0456. The molecule has 0 atom stereocenters. The highest BCUT2D eigenvalue weighted by Gasteiger charge is 2.24. The molecule has 5 nitrogen and oxygen atoms in total. The van der Waals surface area contributed by atoms with Crippen LogP contribution in [0.4, 0.5) is 4.79 Å². The molecule has 2 amide bonds. The number of methoxy groups -OCH3 is 1. The lowest BCUT2D eigenvalue weighted by atomic mass is 10.0. The minimum atomic E-state index is -0.413. The van der Waals surface area contributed by atoms with Gasteiger partial charge in [0.25, 0.3) is 5.91 Å². The number of benzene rings is 1. The maximum Gasteiger partial charge on any atom is 0.407 e. The Hall–Kier alpha value is -2.34. The van der Waals surface area contributed by atoms with Gasteiger partial charge >= 0.3 is 6.09 Å². The SMILES string of the molecule is COC(=O)NC1CCN(C(=O)c2ccc(-c3cccs3)cc2)CC1. The van der Waals surface area contributed by atoms with Gasteiger partial charge in [0.05, 0.1) is 7.11 Å². The van der Waals surface area contributed by atoms with Gasteiger partial charge in [-0.1, -0.05) is 18.2 Å². The van der Waals surface area contributed by atoms with Gasteiger partial charge in [-0.05, 0) is 42.0 Å². The van der Waals surface area contributed by atoms with E-state index in [1.807, 2.05) is 40.6 Å². The van der Waals surface area contributed by atoms with Crippen LogP contribution < -0.4 is 5.32 Å². The van der Waals surface area contributed by atoms with Crippen LogP contribution in [-0.2, 0) is 4.74 Å². The Morgan fingerprint density at radius 3 is 2.46 bits per heavy atom. The molecule has 1 aliphatic heterocycles. The fourth-order valence-electron chi connectivity index (χ4n) is 2.85. The zero-order valence-electron chi connectivity index (χ0n) is 13.5. The smallest absolute Gasteiger partial charge is 0.407 e. The number of carbonyl (C=O) groups excluding carboxylic acids is 2. The summed E-state index contributed by atoms with van der Waals surface area (Å²) in [6.07, 6.45) is 1.08. The zero-order valence-corrected chi connectivity index (χ0v) is 14.3. The van der Waals surface area contributed by atoms with E-state index in [9.17, 15) is 9.59 Å². The molecule has 0 bridgehead atoms. The largest absolute Gasteiger partial charge is 0.453 e. The summed E-state index contributed by atoms with van der Waals surface area (Å²) in [7, 11) is 1.36. The van der Waals surface area contributed by atoms with Crippen molar-refractivity contribution in [3.63, 3.8) is 0 Å². The molecule has 0 saturated carbocycles. The summed E-state index contributed by atoms with van der Waals surface area (Å²) in [6.45, 7) is 1.28. The van der Waals surface area contributed by atoms with Gasteiger partial charge in [-0.15, -0.1) is 11.3 Å². The Balaban J connectivity index is 1.58. The number of hydrogen-bond donors (Lipinski definition) is 1. The molecule has 1 N–H and O–H groups in total. The molecule has 1 fully saturated rings. The Morgan fingerprint density at radius 1 is 1.17 bits per heavy atom. The molecular weight excluding hydrogens is 324 g/mol. The molecule has 0 aliphatic carbocycles. The lowest BCUT2D eigenvalue weighted by Gasteiger charge is -2.32. The molecule has 1 aliphatic rings. The molecule has 24 heavy (non-hydrogen) atoms. The molecule has 2 aromatic rings. The number of ether oxygens (including phenoxy) is 1. The van der Waals surface area contributed by atoms with Gasteiger partial charge in [-0.3, -0.25) is 4.79 Å². The van der Waals surface area contributed by atoms with E-state index < -0.39 is 6.09 Å². The lowest BCUT2D eigenvalue weighted by Crippen LogP contribution is -2.46. The van der Waals surface area contributed by atoms with Crippen LogP contribution in [0.1, 0.15) is 23.2 Å². The zero-order chi connectivity index (χ0) is 16.9. The predicted molar refractivity (Wildman–Crippen MR) is 94.2 cm³/mol. The van der Waals surface area contributed by atoms with E-state index in [0.29, 0.717) is 18.7 Å². The maximum atomic E-state index is 12.6. The van der Waals surface area contributed by atoms with Crippen LogP contribution in [0.2, 0.25) is 0 Å². The number of alkyl carbamates (subject to hydrolysis) is 1. The first-order valence-electron chi connectivity index (χ1n) is 7.95. The highest BCUT2D eigenvalue weighted by Crippen LogP contribution is 2.25. The monoisotopic (exact) mass is 344 g/mol. The fourth-order valence-corrected chi connectivity index (χ4v) is 3.59. The van der Waals surface area contributed by atoms with Crippen molar-refractivity contribution in [3.8, 4) is 10.4 Å². The number of carbonyl (C=O) groups is 2. The number of amides is 2. The highest BCUT2D eigenvalue weighted by molar-refractivity contribution is 7.13. The van der Waals surface area contributed by atoms with Gasteiger partial charge in [0.2, 0.25) is 0 Å². The lowest BCUT2D eigenvalue weighted by molar-refractivity contribution is 0.0704. The summed E-state index contributed by atoms with van der Waals surface area (Å²) in [5.41, 5.74) is 1.83. The van der Waals surface area contributed by atoms with E-state index in [2.05, 4.69) is 16.1 Å². The second kappa shape index (κ2) is 7.49. The van der Waals surface area contributed by atoms with Gasteiger partial charge in [0, 0.05) is 29.6 Å². The van der Waals surface area contributed by atoms with Crippen molar-refractivity contribution in [1.82, 2.24) is 10.2 Å². The van der Waals surface area contributed by atoms with Crippen molar-refractivity contribution in [1.29, 1.82) is 0 Å². The third-order valence-corrected chi connectivity index (χ3v) is 5.15. The second-order valence-corrected chi connectivity index (χ2v) is 6.70. The van der Waals surface area contributed by atoms with Crippen LogP contribution in [0, 0.1) is 0 Å². The fraction of sp³-hybridized carbons (Fsp3) is 0.333. The topological polar surface area (TPSA) is 58.6 Å². The van der Waals surface area contributed by atoms with E-state index in [0.717, 1.165) is 18.4 Å². The third-order valence-electron chi connectivity index (χ3n) is 4.23. The number of thiophene rings is 1. The standard InChI is InChI=1S/C18H20N2O3S/c1-23-18(22)19-15-8-10-20(11-9-15)17(21)14-6-4-13(5-7-14)16-3-2-12-24-16/h2-7,12,15H,8-11H2,1H3,(H,19,22). The van der Waals surface area contributed by atoms with E-state index in [-0.39, 0.29) is 11.9 Å². The Morgan fingerprint density at radius 2 is 1.88 bits per heavy atom. The molecule has 0 unspecified atom stereocenters. The number of nitrogens with zero attached hydrogens (tertiary/aromatic N) is 1. The summed E-state index contributed by atoms with van der Waals surface area (Å²) in [5.74, 6) is 0.0456. The molecule has 6 heteroatoms. The summed E-state index contributed by atoms with van der Waals surface area (Å²) >= 11 is 1.69. The highest BCUT2D eigenvalue weighted by atomic mass is 32.1. The number of nitrogens with one attached hydrogen (secondary N) is 1. The average molecular weight is 344 g/mol. The van der Waals surface area contributed by atoms with Gasteiger partial charge in [-0.25, -0.2) is 4.79 Å². The number of piperidine rings is 1. The molecule has 1 saturated heterocycles.